The SMILES string of the molecule is CC(C)N(CCCO)C(=O)c1cccc(F)c1. The van der Waals surface area contributed by atoms with E-state index in [0.29, 0.717) is 18.5 Å². The highest BCUT2D eigenvalue weighted by molar-refractivity contribution is 5.94. The highest BCUT2D eigenvalue weighted by Crippen LogP contribution is 2.10. The molecular formula is C13H18FNO2. The number of nitrogens with zero attached hydrogens (tertiary/aromatic N) is 1. The summed E-state index contributed by atoms with van der Waals surface area (Å²) in [6.07, 6.45) is 0.527. The molecule has 0 aliphatic carbocycles. The van der Waals surface area contributed by atoms with Gasteiger partial charge in [-0.3, -0.25) is 4.79 Å². The van der Waals surface area contributed by atoms with Crippen LogP contribution in [0.4, 0.5) is 4.39 Å². The predicted octanol–water partition coefficient (Wildman–Crippen LogP) is 2.06. The lowest BCUT2D eigenvalue weighted by Crippen LogP contribution is -2.38. The van der Waals surface area contributed by atoms with Gasteiger partial charge >= 0.3 is 0 Å². The number of hydrogen-bond donors (Lipinski definition) is 1. The van der Waals surface area contributed by atoms with Crippen LogP contribution < -0.4 is 0 Å². The minimum atomic E-state index is -0.415. The van der Waals surface area contributed by atoms with Crippen LogP contribution in [-0.2, 0) is 0 Å². The maximum atomic E-state index is 13.0. The van der Waals surface area contributed by atoms with E-state index in [9.17, 15) is 9.18 Å². The molecule has 0 aliphatic rings. The van der Waals surface area contributed by atoms with Crippen molar-refractivity contribution in [3.63, 3.8) is 0 Å². The highest BCUT2D eigenvalue weighted by atomic mass is 19.1. The van der Waals surface area contributed by atoms with Gasteiger partial charge in [-0.25, -0.2) is 4.39 Å². The Labute approximate surface area is 101 Å². The summed E-state index contributed by atoms with van der Waals surface area (Å²) in [6, 6.07) is 5.69. The first-order valence-corrected chi connectivity index (χ1v) is 5.73. The summed E-state index contributed by atoms with van der Waals surface area (Å²) >= 11 is 0. The number of aliphatic hydroxyl groups is 1. The van der Waals surface area contributed by atoms with Crippen LogP contribution in [-0.4, -0.2) is 35.1 Å². The van der Waals surface area contributed by atoms with Crippen molar-refractivity contribution in [2.45, 2.75) is 26.3 Å². The predicted molar refractivity (Wildman–Crippen MR) is 64.3 cm³/mol. The van der Waals surface area contributed by atoms with Crippen molar-refractivity contribution in [1.82, 2.24) is 4.90 Å². The fourth-order valence-electron chi connectivity index (χ4n) is 1.62. The molecule has 0 atom stereocenters. The second kappa shape index (κ2) is 6.35. The number of aliphatic hydroxyl groups excluding tert-OH is 1. The molecule has 94 valence electrons. The average molecular weight is 239 g/mol. The smallest absolute Gasteiger partial charge is 0.254 e. The summed E-state index contributed by atoms with van der Waals surface area (Å²) < 4.78 is 13.0. The van der Waals surface area contributed by atoms with Crippen LogP contribution in [0.15, 0.2) is 24.3 Å². The number of carbonyl (C=O) groups is 1. The van der Waals surface area contributed by atoms with Gasteiger partial charge in [0.15, 0.2) is 0 Å². The van der Waals surface area contributed by atoms with Crippen molar-refractivity contribution >= 4 is 5.91 Å². The third-order valence-corrected chi connectivity index (χ3v) is 2.51. The molecule has 1 aromatic carbocycles. The zero-order valence-electron chi connectivity index (χ0n) is 10.2. The lowest BCUT2D eigenvalue weighted by Gasteiger charge is -2.26. The molecule has 0 saturated heterocycles. The fourth-order valence-corrected chi connectivity index (χ4v) is 1.62. The zero-order chi connectivity index (χ0) is 12.8. The molecule has 4 heteroatoms. The van der Waals surface area contributed by atoms with E-state index in [0.717, 1.165) is 0 Å². The van der Waals surface area contributed by atoms with Gasteiger partial charge < -0.3 is 10.0 Å². The first kappa shape index (κ1) is 13.6. The Morgan fingerprint density at radius 2 is 2.18 bits per heavy atom. The molecule has 1 aromatic rings. The topological polar surface area (TPSA) is 40.5 Å². The van der Waals surface area contributed by atoms with Gasteiger partial charge in [0.25, 0.3) is 5.91 Å². The highest BCUT2D eigenvalue weighted by Gasteiger charge is 2.18. The van der Waals surface area contributed by atoms with Crippen LogP contribution in [0.1, 0.15) is 30.6 Å². The van der Waals surface area contributed by atoms with Gasteiger partial charge in [0.05, 0.1) is 0 Å². The van der Waals surface area contributed by atoms with Crippen molar-refractivity contribution in [3.8, 4) is 0 Å². The van der Waals surface area contributed by atoms with Crippen molar-refractivity contribution in [1.29, 1.82) is 0 Å². The number of rotatable bonds is 5. The molecule has 1 N–H and O–H groups in total. The number of halogens is 1. The minimum absolute atomic E-state index is 0.0253. The molecule has 0 radical (unpaired) electrons. The molecule has 0 aromatic heterocycles. The molecule has 0 aliphatic heterocycles. The summed E-state index contributed by atoms with van der Waals surface area (Å²) in [5.74, 6) is -0.616. The summed E-state index contributed by atoms with van der Waals surface area (Å²) in [7, 11) is 0. The van der Waals surface area contributed by atoms with Gasteiger partial charge in [0.2, 0.25) is 0 Å². The van der Waals surface area contributed by atoms with E-state index in [-0.39, 0.29) is 18.6 Å². The molecule has 3 nitrogen and oxygen atoms in total. The zero-order valence-corrected chi connectivity index (χ0v) is 10.2. The van der Waals surface area contributed by atoms with E-state index in [2.05, 4.69) is 0 Å². The van der Waals surface area contributed by atoms with E-state index in [1.807, 2.05) is 13.8 Å². The summed E-state index contributed by atoms with van der Waals surface area (Å²) in [5, 5.41) is 8.80. The Hall–Kier alpha value is -1.42. The number of hydrogen-bond acceptors (Lipinski definition) is 2. The van der Waals surface area contributed by atoms with Crippen molar-refractivity contribution in [2.24, 2.45) is 0 Å². The second-order valence-corrected chi connectivity index (χ2v) is 4.18. The number of benzene rings is 1. The van der Waals surface area contributed by atoms with E-state index >= 15 is 0 Å². The van der Waals surface area contributed by atoms with Crippen LogP contribution in [0.5, 0.6) is 0 Å². The van der Waals surface area contributed by atoms with Gasteiger partial charge in [0, 0.05) is 24.8 Å². The van der Waals surface area contributed by atoms with Crippen LogP contribution >= 0.6 is 0 Å². The fraction of sp³-hybridized carbons (Fsp3) is 0.462. The van der Waals surface area contributed by atoms with E-state index in [4.69, 9.17) is 5.11 Å². The molecule has 1 amide bonds. The van der Waals surface area contributed by atoms with Gasteiger partial charge in [-0.1, -0.05) is 6.07 Å². The third kappa shape index (κ3) is 3.82. The molecular weight excluding hydrogens is 221 g/mol. The van der Waals surface area contributed by atoms with Gasteiger partial charge in [-0.05, 0) is 38.5 Å². The first-order chi connectivity index (χ1) is 8.06. The van der Waals surface area contributed by atoms with Crippen molar-refractivity contribution < 1.29 is 14.3 Å². The normalized spacial score (nSPS) is 10.6. The molecule has 0 fully saturated rings. The second-order valence-electron chi connectivity index (χ2n) is 4.18. The van der Waals surface area contributed by atoms with Gasteiger partial charge in [-0.2, -0.15) is 0 Å². The van der Waals surface area contributed by atoms with Gasteiger partial charge in [0.1, 0.15) is 5.82 Å². The lowest BCUT2D eigenvalue weighted by atomic mass is 10.1. The van der Waals surface area contributed by atoms with Crippen LogP contribution in [0.3, 0.4) is 0 Å². The molecule has 0 unspecified atom stereocenters. The molecule has 0 heterocycles. The number of carbonyl (C=O) groups excluding carboxylic acids is 1. The average Bonchev–Trinajstić information content (AvgIpc) is 2.29. The Bertz CT molecular complexity index is 379. The summed E-state index contributed by atoms with van der Waals surface area (Å²) in [5.41, 5.74) is 0.344. The Morgan fingerprint density at radius 1 is 1.47 bits per heavy atom. The standard InChI is InChI=1S/C13H18FNO2/c1-10(2)15(7-4-8-16)13(17)11-5-3-6-12(14)9-11/h3,5-6,9-10,16H,4,7-8H2,1-2H3. The quantitative estimate of drug-likeness (QED) is 0.854. The minimum Gasteiger partial charge on any atom is -0.396 e. The van der Waals surface area contributed by atoms with Crippen molar-refractivity contribution in [3.05, 3.63) is 35.6 Å². The van der Waals surface area contributed by atoms with Crippen LogP contribution in [0, 0.1) is 5.82 Å². The Balaban J connectivity index is 2.84. The van der Waals surface area contributed by atoms with E-state index < -0.39 is 5.82 Å². The third-order valence-electron chi connectivity index (χ3n) is 2.51. The van der Waals surface area contributed by atoms with Crippen LogP contribution in [0.25, 0.3) is 0 Å². The monoisotopic (exact) mass is 239 g/mol. The Morgan fingerprint density at radius 3 is 2.71 bits per heavy atom. The molecule has 17 heavy (non-hydrogen) atoms. The first-order valence-electron chi connectivity index (χ1n) is 5.73. The molecule has 0 saturated carbocycles. The van der Waals surface area contributed by atoms with E-state index in [1.165, 1.54) is 18.2 Å². The van der Waals surface area contributed by atoms with Crippen LogP contribution in [0.2, 0.25) is 0 Å². The Kier molecular flexibility index (Phi) is 5.10. The van der Waals surface area contributed by atoms with E-state index in [1.54, 1.807) is 11.0 Å². The maximum absolute atomic E-state index is 13.0. The van der Waals surface area contributed by atoms with Crippen molar-refractivity contribution in [2.75, 3.05) is 13.2 Å². The summed E-state index contributed by atoms with van der Waals surface area (Å²) in [6.45, 7) is 4.31. The lowest BCUT2D eigenvalue weighted by molar-refractivity contribution is 0.0692. The maximum Gasteiger partial charge on any atom is 0.254 e. The largest absolute Gasteiger partial charge is 0.396 e. The molecule has 1 rings (SSSR count). The summed E-state index contributed by atoms with van der Waals surface area (Å²) in [4.78, 5) is 13.8. The molecule has 0 bridgehead atoms. The number of amides is 1. The molecule has 0 spiro atoms. The van der Waals surface area contributed by atoms with Gasteiger partial charge in [-0.15, -0.1) is 0 Å².